The van der Waals surface area contributed by atoms with E-state index >= 15 is 0 Å². The van der Waals surface area contributed by atoms with E-state index in [1.807, 2.05) is 36.4 Å². The molecule has 0 fully saturated rings. The largest absolute Gasteiger partial charge is 0.288 e. The van der Waals surface area contributed by atoms with Gasteiger partial charge in [-0.2, -0.15) is 0 Å². The van der Waals surface area contributed by atoms with E-state index in [0.29, 0.717) is 17.3 Å². The first kappa shape index (κ1) is 13.4. The number of anilines is 1. The van der Waals surface area contributed by atoms with Crippen LogP contribution in [0.25, 0.3) is 0 Å². The van der Waals surface area contributed by atoms with Gasteiger partial charge in [0.1, 0.15) is 0 Å². The molecule has 0 amide bonds. The molecular weight excluding hydrogens is 314 g/mol. The normalized spacial score (nSPS) is 10.4. The molecule has 0 saturated heterocycles. The Kier molecular flexibility index (Phi) is 4.64. The molecule has 0 atom stereocenters. The predicted octanol–water partition coefficient (Wildman–Crippen LogP) is 4.54. The minimum absolute atomic E-state index is 0.525. The number of nitrogens with zero attached hydrogens (tertiary/aromatic N) is 1. The molecule has 0 bridgehead atoms. The zero-order chi connectivity index (χ0) is 13.0. The smallest absolute Gasteiger partial charge is 0.0649 e. The number of rotatable bonds is 4. The van der Waals surface area contributed by atoms with Gasteiger partial charge in [-0.15, -0.1) is 0 Å². The maximum atomic E-state index is 9.94. The first-order valence-electron chi connectivity index (χ1n) is 5.61. The monoisotopic (exact) mass is 325 g/mol. The van der Waals surface area contributed by atoms with Crippen LogP contribution in [0.3, 0.4) is 0 Å². The molecule has 2 nitrogen and oxygen atoms in total. The Labute approximate surface area is 120 Å². The molecule has 0 unspecified atom stereocenters. The van der Waals surface area contributed by atoms with Crippen molar-refractivity contribution in [2.45, 2.75) is 6.42 Å². The standard InChI is InChI=1S/C14H13BrClNO/c15-12-4-1-3-11(9-12)7-8-17(18)14-6-2-5-13(16)10-14/h1-6,9-10,18H,7-8H2. The molecule has 0 aliphatic rings. The van der Waals surface area contributed by atoms with Gasteiger partial charge in [0.05, 0.1) is 5.69 Å². The summed E-state index contributed by atoms with van der Waals surface area (Å²) in [6.45, 7) is 0.525. The highest BCUT2D eigenvalue weighted by Gasteiger charge is 2.04. The molecule has 4 heteroatoms. The zero-order valence-corrected chi connectivity index (χ0v) is 12.0. The van der Waals surface area contributed by atoms with Crippen molar-refractivity contribution < 1.29 is 5.21 Å². The summed E-state index contributed by atoms with van der Waals surface area (Å²) in [7, 11) is 0. The van der Waals surface area contributed by atoms with E-state index in [1.165, 1.54) is 10.6 Å². The van der Waals surface area contributed by atoms with Gasteiger partial charge in [0.15, 0.2) is 0 Å². The average Bonchev–Trinajstić information content (AvgIpc) is 2.36. The van der Waals surface area contributed by atoms with E-state index in [-0.39, 0.29) is 0 Å². The van der Waals surface area contributed by atoms with Crippen LogP contribution < -0.4 is 5.06 Å². The van der Waals surface area contributed by atoms with Crippen molar-refractivity contribution in [2.75, 3.05) is 11.6 Å². The molecular formula is C14H13BrClNO. The fraction of sp³-hybridized carbons (Fsp3) is 0.143. The first-order chi connectivity index (χ1) is 8.65. The summed E-state index contributed by atoms with van der Waals surface area (Å²) in [5.74, 6) is 0. The van der Waals surface area contributed by atoms with Crippen LogP contribution in [0.4, 0.5) is 5.69 Å². The van der Waals surface area contributed by atoms with E-state index in [1.54, 1.807) is 12.1 Å². The summed E-state index contributed by atoms with van der Waals surface area (Å²) in [5.41, 5.74) is 1.88. The summed E-state index contributed by atoms with van der Waals surface area (Å²) < 4.78 is 1.05. The molecule has 0 radical (unpaired) electrons. The number of hydrogen-bond acceptors (Lipinski definition) is 2. The molecule has 0 saturated carbocycles. The average molecular weight is 327 g/mol. The van der Waals surface area contributed by atoms with Gasteiger partial charge in [-0.25, -0.2) is 0 Å². The van der Waals surface area contributed by atoms with E-state index < -0.39 is 0 Å². The third-order valence-electron chi connectivity index (χ3n) is 2.61. The molecule has 2 rings (SSSR count). The molecule has 2 aromatic carbocycles. The van der Waals surface area contributed by atoms with Crippen molar-refractivity contribution >= 4 is 33.2 Å². The Morgan fingerprint density at radius 3 is 2.61 bits per heavy atom. The third-order valence-corrected chi connectivity index (χ3v) is 3.34. The molecule has 18 heavy (non-hydrogen) atoms. The van der Waals surface area contributed by atoms with E-state index in [2.05, 4.69) is 15.9 Å². The van der Waals surface area contributed by atoms with Crippen molar-refractivity contribution in [3.8, 4) is 0 Å². The van der Waals surface area contributed by atoms with E-state index in [9.17, 15) is 5.21 Å². The SMILES string of the molecule is ON(CCc1cccc(Br)c1)c1cccc(Cl)c1. The lowest BCUT2D eigenvalue weighted by Crippen LogP contribution is -2.21. The van der Waals surface area contributed by atoms with Gasteiger partial charge in [0, 0.05) is 16.0 Å². The van der Waals surface area contributed by atoms with Gasteiger partial charge in [-0.05, 0) is 42.3 Å². The Morgan fingerprint density at radius 1 is 1.11 bits per heavy atom. The number of benzene rings is 2. The van der Waals surface area contributed by atoms with Gasteiger partial charge in [-0.1, -0.05) is 45.7 Å². The molecule has 1 N–H and O–H groups in total. The topological polar surface area (TPSA) is 23.5 Å². The third kappa shape index (κ3) is 3.73. The summed E-state index contributed by atoms with van der Waals surface area (Å²) >= 11 is 9.31. The minimum Gasteiger partial charge on any atom is -0.288 e. The van der Waals surface area contributed by atoms with Crippen molar-refractivity contribution in [1.82, 2.24) is 0 Å². The van der Waals surface area contributed by atoms with Crippen LogP contribution in [0.2, 0.25) is 5.02 Å². The second-order valence-corrected chi connectivity index (χ2v) is 5.34. The van der Waals surface area contributed by atoms with Gasteiger partial charge in [0.25, 0.3) is 0 Å². The van der Waals surface area contributed by atoms with Crippen molar-refractivity contribution in [2.24, 2.45) is 0 Å². The second kappa shape index (κ2) is 6.23. The summed E-state index contributed by atoms with van der Waals surface area (Å²) in [6.07, 6.45) is 0.766. The highest BCUT2D eigenvalue weighted by atomic mass is 79.9. The Morgan fingerprint density at radius 2 is 1.89 bits per heavy atom. The lowest BCUT2D eigenvalue weighted by molar-refractivity contribution is 0.255. The molecule has 0 aliphatic carbocycles. The number of hydroxylamine groups is 1. The summed E-state index contributed by atoms with van der Waals surface area (Å²) in [5, 5.41) is 11.8. The van der Waals surface area contributed by atoms with Crippen LogP contribution in [-0.2, 0) is 6.42 Å². The fourth-order valence-electron chi connectivity index (χ4n) is 1.69. The lowest BCUT2D eigenvalue weighted by Gasteiger charge is -2.17. The highest BCUT2D eigenvalue weighted by Crippen LogP contribution is 2.19. The summed E-state index contributed by atoms with van der Waals surface area (Å²) in [6, 6.07) is 15.2. The quantitative estimate of drug-likeness (QED) is 0.834. The zero-order valence-electron chi connectivity index (χ0n) is 9.68. The van der Waals surface area contributed by atoms with Crippen LogP contribution in [-0.4, -0.2) is 11.8 Å². The summed E-state index contributed by atoms with van der Waals surface area (Å²) in [4.78, 5) is 0. The minimum atomic E-state index is 0.525. The van der Waals surface area contributed by atoms with E-state index in [4.69, 9.17) is 11.6 Å². The maximum Gasteiger partial charge on any atom is 0.0649 e. The van der Waals surface area contributed by atoms with Crippen molar-refractivity contribution in [1.29, 1.82) is 0 Å². The Balaban J connectivity index is 1.98. The molecule has 0 aromatic heterocycles. The molecule has 0 spiro atoms. The van der Waals surface area contributed by atoms with Crippen molar-refractivity contribution in [3.05, 3.63) is 63.6 Å². The van der Waals surface area contributed by atoms with Crippen LogP contribution in [0, 0.1) is 0 Å². The second-order valence-electron chi connectivity index (χ2n) is 3.98. The van der Waals surface area contributed by atoms with Gasteiger partial charge in [0.2, 0.25) is 0 Å². The van der Waals surface area contributed by atoms with Gasteiger partial charge >= 0.3 is 0 Å². The number of halogens is 2. The molecule has 94 valence electrons. The highest BCUT2D eigenvalue weighted by molar-refractivity contribution is 9.10. The van der Waals surface area contributed by atoms with Gasteiger partial charge in [-0.3, -0.25) is 10.3 Å². The molecule has 0 heterocycles. The van der Waals surface area contributed by atoms with Crippen molar-refractivity contribution in [3.63, 3.8) is 0 Å². The van der Waals surface area contributed by atoms with Crippen LogP contribution >= 0.6 is 27.5 Å². The predicted molar refractivity (Wildman–Crippen MR) is 78.4 cm³/mol. The number of hydrogen-bond donors (Lipinski definition) is 1. The molecule has 2 aromatic rings. The van der Waals surface area contributed by atoms with Crippen LogP contribution in [0.15, 0.2) is 53.0 Å². The van der Waals surface area contributed by atoms with Crippen LogP contribution in [0.1, 0.15) is 5.56 Å². The Bertz CT molecular complexity index is 533. The van der Waals surface area contributed by atoms with E-state index in [0.717, 1.165) is 10.9 Å². The van der Waals surface area contributed by atoms with Crippen LogP contribution in [0.5, 0.6) is 0 Å². The molecule has 0 aliphatic heterocycles. The van der Waals surface area contributed by atoms with Gasteiger partial charge < -0.3 is 0 Å². The first-order valence-corrected chi connectivity index (χ1v) is 6.79. The lowest BCUT2D eigenvalue weighted by atomic mass is 10.1. The fourth-order valence-corrected chi connectivity index (χ4v) is 2.32. The Hall–Kier alpha value is -1.03. The maximum absolute atomic E-state index is 9.94.